The van der Waals surface area contributed by atoms with Gasteiger partial charge < -0.3 is 19.8 Å². The van der Waals surface area contributed by atoms with Crippen molar-refractivity contribution in [3.05, 3.63) is 77.6 Å². The van der Waals surface area contributed by atoms with E-state index in [4.69, 9.17) is 9.15 Å². The normalized spacial score (nSPS) is 15.2. The maximum absolute atomic E-state index is 13.6. The number of piperidine rings is 1. The molecule has 1 unspecified atom stereocenters. The predicted octanol–water partition coefficient (Wildman–Crippen LogP) is 7.65. The number of benzene rings is 3. The first-order valence-corrected chi connectivity index (χ1v) is 14.9. The van der Waals surface area contributed by atoms with Crippen molar-refractivity contribution in [2.24, 2.45) is 11.8 Å². The van der Waals surface area contributed by atoms with Gasteiger partial charge in [-0.3, -0.25) is 9.59 Å². The third-order valence-electron chi connectivity index (χ3n) is 7.95. The van der Waals surface area contributed by atoms with Crippen molar-refractivity contribution >= 4 is 22.7 Å². The fourth-order valence-electron chi connectivity index (χ4n) is 5.52. The van der Waals surface area contributed by atoms with Crippen LogP contribution in [0.2, 0.25) is 0 Å². The van der Waals surface area contributed by atoms with Gasteiger partial charge in [-0.15, -0.1) is 0 Å². The van der Waals surface area contributed by atoms with Crippen LogP contribution < -0.4 is 15.4 Å². The van der Waals surface area contributed by atoms with Crippen molar-refractivity contribution in [2.75, 3.05) is 26.7 Å². The first kappa shape index (κ1) is 29.5. The molecule has 0 aliphatic carbocycles. The molecule has 2 heterocycles. The Labute approximate surface area is 246 Å². The van der Waals surface area contributed by atoms with Crippen molar-refractivity contribution in [1.29, 1.82) is 0 Å². The summed E-state index contributed by atoms with van der Waals surface area (Å²) in [6.45, 7) is 6.90. The minimum absolute atomic E-state index is 0.0842. The van der Waals surface area contributed by atoms with Crippen LogP contribution >= 0.6 is 0 Å². The monoisotopic (exact) mass is 570 g/mol. The first-order valence-electron chi connectivity index (χ1n) is 14.9. The van der Waals surface area contributed by atoms with Gasteiger partial charge in [0.25, 0.3) is 5.91 Å². The minimum atomic E-state index is -0.366. The molecule has 1 aliphatic heterocycles. The topological polar surface area (TPSA) is 80.6 Å². The van der Waals surface area contributed by atoms with Crippen LogP contribution in [0.5, 0.6) is 5.75 Å². The molecule has 0 spiro atoms. The van der Waals surface area contributed by atoms with Crippen LogP contribution in [0, 0.1) is 17.7 Å². The molecule has 7 heteroatoms. The number of Topliss-reactive ketones (excluding diaryl/α,β-unsaturated/α-hetero) is 1. The maximum Gasteiger partial charge on any atom is 0.255 e. The Morgan fingerprint density at radius 1 is 1.05 bits per heavy atom. The molecule has 1 atom stereocenters. The first-order chi connectivity index (χ1) is 20.3. The second kappa shape index (κ2) is 13.3. The highest BCUT2D eigenvalue weighted by atomic mass is 19.1. The van der Waals surface area contributed by atoms with Gasteiger partial charge >= 0.3 is 0 Å². The second-order valence-electron chi connectivity index (χ2n) is 11.6. The van der Waals surface area contributed by atoms with Crippen molar-refractivity contribution in [3.63, 3.8) is 0 Å². The summed E-state index contributed by atoms with van der Waals surface area (Å²) in [7, 11) is 1.57. The molecule has 0 saturated carbocycles. The van der Waals surface area contributed by atoms with Crippen LogP contribution in [-0.4, -0.2) is 38.4 Å². The Balaban J connectivity index is 1.52. The lowest BCUT2D eigenvalue weighted by Crippen LogP contribution is -2.30. The van der Waals surface area contributed by atoms with Crippen LogP contribution in [-0.2, 0) is 0 Å². The second-order valence-corrected chi connectivity index (χ2v) is 11.6. The number of amides is 1. The summed E-state index contributed by atoms with van der Waals surface area (Å²) in [5.74, 6) is 1.48. The molecule has 1 saturated heterocycles. The summed E-state index contributed by atoms with van der Waals surface area (Å²) in [6, 6.07) is 17.2. The molecule has 3 aromatic carbocycles. The molecule has 1 fully saturated rings. The van der Waals surface area contributed by atoms with Gasteiger partial charge in [0.2, 0.25) is 0 Å². The molecule has 6 nitrogen and oxygen atoms in total. The van der Waals surface area contributed by atoms with Crippen molar-refractivity contribution in [3.8, 4) is 28.2 Å². The summed E-state index contributed by atoms with van der Waals surface area (Å²) in [5, 5.41) is 6.79. The zero-order valence-electron chi connectivity index (χ0n) is 24.6. The lowest BCUT2D eigenvalue weighted by atomic mass is 9.95. The van der Waals surface area contributed by atoms with E-state index in [0.29, 0.717) is 64.0 Å². The summed E-state index contributed by atoms with van der Waals surface area (Å²) in [5.41, 5.74) is 3.80. The SMILES string of the molecule is CNC(=O)c1c(-c2ccc(F)cc2)oc2ccc(-c3cc(OCCC4CCCNC4)cc(C(=O)CCC(C)C)c3)cc12. The maximum atomic E-state index is 13.6. The van der Waals surface area contributed by atoms with E-state index < -0.39 is 0 Å². The Hall–Kier alpha value is -3.97. The zero-order valence-corrected chi connectivity index (χ0v) is 24.6. The highest BCUT2D eigenvalue weighted by Gasteiger charge is 2.22. The highest BCUT2D eigenvalue weighted by Crippen LogP contribution is 2.37. The van der Waals surface area contributed by atoms with Crippen molar-refractivity contribution in [2.45, 2.75) is 46.0 Å². The smallest absolute Gasteiger partial charge is 0.255 e. The fraction of sp³-hybridized carbons (Fsp3) is 0.371. The number of nitrogens with one attached hydrogen (secondary N) is 2. The molecule has 1 amide bonds. The van der Waals surface area contributed by atoms with Gasteiger partial charge in [-0.1, -0.05) is 19.9 Å². The zero-order chi connectivity index (χ0) is 29.6. The number of hydrogen-bond donors (Lipinski definition) is 2. The minimum Gasteiger partial charge on any atom is -0.494 e. The third kappa shape index (κ3) is 6.90. The average molecular weight is 571 g/mol. The number of rotatable bonds is 11. The van der Waals surface area contributed by atoms with E-state index >= 15 is 0 Å². The van der Waals surface area contributed by atoms with Gasteiger partial charge in [0.1, 0.15) is 22.9 Å². The van der Waals surface area contributed by atoms with E-state index in [9.17, 15) is 14.0 Å². The Morgan fingerprint density at radius 2 is 1.83 bits per heavy atom. The third-order valence-corrected chi connectivity index (χ3v) is 7.95. The molecule has 42 heavy (non-hydrogen) atoms. The average Bonchev–Trinajstić information content (AvgIpc) is 3.39. The van der Waals surface area contributed by atoms with E-state index in [-0.39, 0.29) is 17.5 Å². The van der Waals surface area contributed by atoms with E-state index in [2.05, 4.69) is 24.5 Å². The molecule has 0 bridgehead atoms. The lowest BCUT2D eigenvalue weighted by molar-refractivity contribution is 0.0960. The van der Waals surface area contributed by atoms with E-state index in [1.165, 1.54) is 25.0 Å². The Morgan fingerprint density at radius 3 is 2.55 bits per heavy atom. The Kier molecular flexibility index (Phi) is 9.38. The van der Waals surface area contributed by atoms with E-state index in [1.807, 2.05) is 36.4 Å². The number of carbonyl (C=O) groups is 2. The van der Waals surface area contributed by atoms with Crippen molar-refractivity contribution < 1.29 is 23.1 Å². The van der Waals surface area contributed by atoms with Crippen LogP contribution in [0.3, 0.4) is 0 Å². The van der Waals surface area contributed by atoms with Gasteiger partial charge in [0, 0.05) is 30.0 Å². The van der Waals surface area contributed by atoms with Gasteiger partial charge in [-0.25, -0.2) is 4.39 Å². The van der Waals surface area contributed by atoms with Gasteiger partial charge in [-0.05, 0) is 116 Å². The highest BCUT2D eigenvalue weighted by molar-refractivity contribution is 6.12. The number of hydrogen-bond acceptors (Lipinski definition) is 5. The molecule has 1 aromatic heterocycles. The number of halogens is 1. The van der Waals surface area contributed by atoms with Gasteiger partial charge in [0.05, 0.1) is 12.2 Å². The number of ketones is 1. The predicted molar refractivity (Wildman–Crippen MR) is 165 cm³/mol. The molecule has 1 aliphatic rings. The number of furan rings is 1. The number of ether oxygens (including phenoxy) is 1. The molecule has 0 radical (unpaired) electrons. The number of carbonyl (C=O) groups excluding carboxylic acids is 2. The van der Waals surface area contributed by atoms with Crippen LogP contribution in [0.1, 0.15) is 66.7 Å². The molecular weight excluding hydrogens is 531 g/mol. The molecule has 2 N–H and O–H groups in total. The standard InChI is InChI=1S/C35H39FN2O4/c1-22(2)6-12-31(39)27-17-26(18-29(19-27)41-16-14-23-5-4-15-38-21-23)25-9-13-32-30(20-25)33(35(40)37-3)34(42-32)24-7-10-28(36)11-8-24/h7-11,13,17-20,22-23,38H,4-6,12,14-16,21H2,1-3H3,(H,37,40). The molecule has 220 valence electrons. The van der Waals surface area contributed by atoms with Crippen LogP contribution in [0.25, 0.3) is 33.4 Å². The largest absolute Gasteiger partial charge is 0.494 e. The molecule has 5 rings (SSSR count). The van der Waals surface area contributed by atoms with E-state index in [0.717, 1.165) is 37.1 Å². The Bertz CT molecular complexity index is 1550. The summed E-state index contributed by atoms with van der Waals surface area (Å²) < 4.78 is 26.0. The van der Waals surface area contributed by atoms with Gasteiger partial charge in [-0.2, -0.15) is 0 Å². The molecule has 4 aromatic rings. The summed E-state index contributed by atoms with van der Waals surface area (Å²) in [6.07, 6.45) is 4.63. The lowest BCUT2D eigenvalue weighted by Gasteiger charge is -2.22. The van der Waals surface area contributed by atoms with Gasteiger partial charge in [0.15, 0.2) is 5.78 Å². The fourth-order valence-corrected chi connectivity index (χ4v) is 5.52. The summed E-state index contributed by atoms with van der Waals surface area (Å²) >= 11 is 0. The van der Waals surface area contributed by atoms with E-state index in [1.54, 1.807) is 19.2 Å². The van der Waals surface area contributed by atoms with Crippen molar-refractivity contribution in [1.82, 2.24) is 10.6 Å². The van der Waals surface area contributed by atoms with Crippen LogP contribution in [0.4, 0.5) is 4.39 Å². The number of fused-ring (bicyclic) bond motifs is 1. The summed E-state index contributed by atoms with van der Waals surface area (Å²) in [4.78, 5) is 26.3. The molecular formula is C35H39FN2O4. The quantitative estimate of drug-likeness (QED) is 0.181. The van der Waals surface area contributed by atoms with Crippen LogP contribution in [0.15, 0.2) is 65.1 Å².